The number of carboxylic acids is 2. The van der Waals surface area contributed by atoms with E-state index in [4.69, 9.17) is 10.2 Å². The number of phenols is 1. The number of carboxylic acid groups (broad SMARTS) is 2. The third-order valence-corrected chi connectivity index (χ3v) is 2.74. The quantitative estimate of drug-likeness (QED) is 0.748. The van der Waals surface area contributed by atoms with Crippen LogP contribution >= 0.6 is 0 Å². The molecule has 2 rings (SSSR count). The fraction of sp³-hybridized carbons (Fsp3) is 0. The Labute approximate surface area is 119 Å². The zero-order valence-corrected chi connectivity index (χ0v) is 10.7. The zero-order valence-electron chi connectivity index (χ0n) is 10.7. The minimum absolute atomic E-state index is 0.00522. The van der Waals surface area contributed by atoms with Gasteiger partial charge in [0.1, 0.15) is 11.4 Å². The number of carbonyl (C=O) groups is 2. The molecule has 0 bridgehead atoms. The lowest BCUT2D eigenvalue weighted by Gasteiger charge is -2.03. The smallest absolute Gasteiger partial charge is 0.336 e. The first-order chi connectivity index (χ1) is 9.99. The predicted molar refractivity (Wildman–Crippen MR) is 75.7 cm³/mol. The molecule has 0 radical (unpaired) electrons. The summed E-state index contributed by atoms with van der Waals surface area (Å²) in [4.78, 5) is 26.0. The normalized spacial score (nSPS) is 10.7. The Morgan fingerprint density at radius 2 is 1.62 bits per heavy atom. The Bertz CT molecular complexity index is 737. The topological polar surface area (TPSA) is 107 Å². The average molecular weight is 285 g/mol. The summed E-state index contributed by atoms with van der Waals surface area (Å²) < 4.78 is 0. The van der Waals surface area contributed by atoms with Gasteiger partial charge in [-0.3, -0.25) is 4.99 Å². The third kappa shape index (κ3) is 3.24. The standard InChI is InChI=1S/C15H11NO5/c17-13-4-2-1-3-12(13)16-8-9-5-6-10(14(18)19)11(7-9)15(20)21/h1-8,17H,(H,18,19)(H,20,21). The Balaban J connectivity index is 2.38. The minimum atomic E-state index is -1.33. The molecule has 0 fully saturated rings. The van der Waals surface area contributed by atoms with E-state index in [0.29, 0.717) is 11.3 Å². The van der Waals surface area contributed by atoms with Crippen LogP contribution in [0.15, 0.2) is 47.5 Å². The summed E-state index contributed by atoms with van der Waals surface area (Å²) in [6, 6.07) is 10.3. The van der Waals surface area contributed by atoms with E-state index in [1.807, 2.05) is 0 Å². The van der Waals surface area contributed by atoms with Gasteiger partial charge in [0.2, 0.25) is 0 Å². The van der Waals surface area contributed by atoms with Gasteiger partial charge in [0, 0.05) is 6.21 Å². The summed E-state index contributed by atoms with van der Waals surface area (Å²) in [7, 11) is 0. The Morgan fingerprint density at radius 1 is 0.952 bits per heavy atom. The van der Waals surface area contributed by atoms with Gasteiger partial charge in [0.25, 0.3) is 0 Å². The highest BCUT2D eigenvalue weighted by molar-refractivity contribution is 6.03. The number of hydrogen-bond acceptors (Lipinski definition) is 4. The summed E-state index contributed by atoms with van der Waals surface area (Å²) in [5.74, 6) is -2.64. The van der Waals surface area contributed by atoms with E-state index < -0.39 is 11.9 Å². The van der Waals surface area contributed by atoms with Crippen LogP contribution in [0.4, 0.5) is 5.69 Å². The molecule has 0 aliphatic rings. The van der Waals surface area contributed by atoms with E-state index >= 15 is 0 Å². The molecule has 21 heavy (non-hydrogen) atoms. The molecule has 0 spiro atoms. The average Bonchev–Trinajstić information content (AvgIpc) is 2.46. The van der Waals surface area contributed by atoms with E-state index in [0.717, 1.165) is 0 Å². The highest BCUT2D eigenvalue weighted by Gasteiger charge is 2.15. The van der Waals surface area contributed by atoms with Gasteiger partial charge in [-0.1, -0.05) is 18.2 Å². The summed E-state index contributed by atoms with van der Waals surface area (Å²) in [6.07, 6.45) is 1.35. The van der Waals surface area contributed by atoms with Gasteiger partial charge < -0.3 is 15.3 Å². The molecule has 0 saturated carbocycles. The maximum absolute atomic E-state index is 11.1. The van der Waals surface area contributed by atoms with Crippen LogP contribution in [0.25, 0.3) is 0 Å². The summed E-state index contributed by atoms with van der Waals surface area (Å²) in [5, 5.41) is 27.5. The molecule has 0 aliphatic heterocycles. The number of phenolic OH excluding ortho intramolecular Hbond substituents is 1. The molecule has 3 N–H and O–H groups in total. The maximum atomic E-state index is 11.1. The fourth-order valence-corrected chi connectivity index (χ4v) is 1.72. The van der Waals surface area contributed by atoms with Gasteiger partial charge >= 0.3 is 11.9 Å². The van der Waals surface area contributed by atoms with Crippen LogP contribution in [0.1, 0.15) is 26.3 Å². The van der Waals surface area contributed by atoms with E-state index in [2.05, 4.69) is 4.99 Å². The Kier molecular flexibility index (Phi) is 3.99. The van der Waals surface area contributed by atoms with Crippen LogP contribution in [0.2, 0.25) is 0 Å². The van der Waals surface area contributed by atoms with Crippen molar-refractivity contribution in [3.05, 3.63) is 59.2 Å². The van der Waals surface area contributed by atoms with Crippen molar-refractivity contribution >= 4 is 23.8 Å². The number of rotatable bonds is 4. The Morgan fingerprint density at radius 3 is 2.24 bits per heavy atom. The largest absolute Gasteiger partial charge is 0.506 e. The second-order valence-corrected chi connectivity index (χ2v) is 4.16. The molecule has 6 heteroatoms. The molecule has 0 aliphatic carbocycles. The second kappa shape index (κ2) is 5.87. The number of para-hydroxylation sites is 2. The monoisotopic (exact) mass is 285 g/mol. The molecular weight excluding hydrogens is 274 g/mol. The van der Waals surface area contributed by atoms with Crippen molar-refractivity contribution < 1.29 is 24.9 Å². The van der Waals surface area contributed by atoms with Crippen molar-refractivity contribution in [2.45, 2.75) is 0 Å². The molecule has 2 aromatic rings. The van der Waals surface area contributed by atoms with Gasteiger partial charge in [0.15, 0.2) is 0 Å². The molecular formula is C15H11NO5. The lowest BCUT2D eigenvalue weighted by atomic mass is 10.0. The Hall–Kier alpha value is -3.15. The van der Waals surface area contributed by atoms with Gasteiger partial charge in [-0.25, -0.2) is 9.59 Å². The van der Waals surface area contributed by atoms with Crippen molar-refractivity contribution in [3.63, 3.8) is 0 Å². The fourth-order valence-electron chi connectivity index (χ4n) is 1.72. The van der Waals surface area contributed by atoms with Gasteiger partial charge in [0.05, 0.1) is 11.1 Å². The van der Waals surface area contributed by atoms with Crippen LogP contribution in [0.5, 0.6) is 5.75 Å². The highest BCUT2D eigenvalue weighted by atomic mass is 16.4. The number of benzene rings is 2. The van der Waals surface area contributed by atoms with Gasteiger partial charge in [-0.05, 0) is 29.8 Å². The predicted octanol–water partition coefficient (Wildman–Crippen LogP) is 2.54. The highest BCUT2D eigenvalue weighted by Crippen LogP contribution is 2.24. The van der Waals surface area contributed by atoms with Crippen LogP contribution in [-0.4, -0.2) is 33.5 Å². The first-order valence-electron chi connectivity index (χ1n) is 5.91. The lowest BCUT2D eigenvalue weighted by molar-refractivity contribution is 0.0651. The van der Waals surface area contributed by atoms with Crippen molar-refractivity contribution in [2.75, 3.05) is 0 Å². The minimum Gasteiger partial charge on any atom is -0.506 e. The number of aliphatic imine (C=N–C) groups is 1. The molecule has 0 saturated heterocycles. The van der Waals surface area contributed by atoms with Crippen LogP contribution in [-0.2, 0) is 0 Å². The van der Waals surface area contributed by atoms with Crippen molar-refractivity contribution in [1.82, 2.24) is 0 Å². The molecule has 0 amide bonds. The molecule has 0 heterocycles. The first kappa shape index (κ1) is 14.3. The van der Waals surface area contributed by atoms with E-state index in [-0.39, 0.29) is 16.9 Å². The number of nitrogens with zero attached hydrogens (tertiary/aromatic N) is 1. The first-order valence-corrected chi connectivity index (χ1v) is 5.91. The molecule has 2 aromatic carbocycles. The summed E-state index contributed by atoms with van der Waals surface area (Å²) >= 11 is 0. The van der Waals surface area contributed by atoms with E-state index in [1.54, 1.807) is 18.2 Å². The van der Waals surface area contributed by atoms with Gasteiger partial charge in [-0.2, -0.15) is 0 Å². The van der Waals surface area contributed by atoms with Crippen molar-refractivity contribution in [3.8, 4) is 5.75 Å². The lowest BCUT2D eigenvalue weighted by Crippen LogP contribution is -2.08. The second-order valence-electron chi connectivity index (χ2n) is 4.16. The number of aromatic hydroxyl groups is 1. The third-order valence-electron chi connectivity index (χ3n) is 2.74. The van der Waals surface area contributed by atoms with Gasteiger partial charge in [-0.15, -0.1) is 0 Å². The van der Waals surface area contributed by atoms with Crippen LogP contribution in [0, 0.1) is 0 Å². The number of aromatic carboxylic acids is 2. The molecule has 0 atom stereocenters. The molecule has 6 nitrogen and oxygen atoms in total. The number of hydrogen-bond donors (Lipinski definition) is 3. The van der Waals surface area contributed by atoms with E-state index in [9.17, 15) is 14.7 Å². The van der Waals surface area contributed by atoms with Crippen molar-refractivity contribution in [1.29, 1.82) is 0 Å². The molecule has 0 unspecified atom stereocenters. The molecule has 106 valence electrons. The summed E-state index contributed by atoms with van der Waals surface area (Å²) in [6.45, 7) is 0. The van der Waals surface area contributed by atoms with Crippen LogP contribution < -0.4 is 0 Å². The SMILES string of the molecule is O=C(O)c1ccc(C=Nc2ccccc2O)cc1C(=O)O. The van der Waals surface area contributed by atoms with E-state index in [1.165, 1.54) is 30.5 Å². The van der Waals surface area contributed by atoms with Crippen molar-refractivity contribution in [2.24, 2.45) is 4.99 Å². The molecule has 0 aromatic heterocycles. The van der Waals surface area contributed by atoms with Crippen LogP contribution in [0.3, 0.4) is 0 Å². The summed E-state index contributed by atoms with van der Waals surface area (Å²) in [5.41, 5.74) is 0.142. The zero-order chi connectivity index (χ0) is 15.4. The maximum Gasteiger partial charge on any atom is 0.336 e.